The zero-order valence-corrected chi connectivity index (χ0v) is 11.8. The van der Waals surface area contributed by atoms with Crippen LogP contribution in [-0.2, 0) is 7.05 Å². The quantitative estimate of drug-likeness (QED) is 0.895. The van der Waals surface area contributed by atoms with E-state index >= 15 is 0 Å². The average molecular weight is 253 g/mol. The molecule has 1 fully saturated rings. The molecular weight excluding hydrogens is 230 g/mol. The Kier molecular flexibility index (Phi) is 4.51. The van der Waals surface area contributed by atoms with E-state index in [1.807, 2.05) is 29.7 Å². The first kappa shape index (κ1) is 13.0. The lowest BCUT2D eigenvalue weighted by Crippen LogP contribution is -2.37. The summed E-state index contributed by atoms with van der Waals surface area (Å²) in [6.07, 6.45) is 9.49. The third-order valence-electron chi connectivity index (χ3n) is 3.75. The van der Waals surface area contributed by atoms with E-state index in [0.29, 0.717) is 12.1 Å². The summed E-state index contributed by atoms with van der Waals surface area (Å²) in [5.74, 6) is 0. The number of nitrogens with zero attached hydrogens (tertiary/aromatic N) is 2. The summed E-state index contributed by atoms with van der Waals surface area (Å²) >= 11 is 2.02. The van der Waals surface area contributed by atoms with Crippen LogP contribution in [0.15, 0.2) is 12.3 Å². The molecule has 0 aliphatic heterocycles. The maximum absolute atomic E-state index is 4.23. The number of rotatable bonds is 4. The van der Waals surface area contributed by atoms with Gasteiger partial charge in [-0.2, -0.15) is 16.9 Å². The van der Waals surface area contributed by atoms with E-state index in [0.717, 1.165) is 5.25 Å². The van der Waals surface area contributed by atoms with Crippen molar-refractivity contribution >= 4 is 11.8 Å². The minimum Gasteiger partial charge on any atom is -0.306 e. The minimum atomic E-state index is 0.396. The molecule has 3 nitrogen and oxygen atoms in total. The van der Waals surface area contributed by atoms with Crippen LogP contribution in [-0.4, -0.2) is 27.3 Å². The topological polar surface area (TPSA) is 29.9 Å². The Morgan fingerprint density at radius 3 is 3.00 bits per heavy atom. The molecule has 3 atom stereocenters. The minimum absolute atomic E-state index is 0.396. The van der Waals surface area contributed by atoms with Gasteiger partial charge in [0.1, 0.15) is 0 Å². The highest BCUT2D eigenvalue weighted by Gasteiger charge is 2.23. The molecule has 0 bridgehead atoms. The van der Waals surface area contributed by atoms with Crippen molar-refractivity contribution in [2.75, 3.05) is 6.26 Å². The first-order chi connectivity index (χ1) is 8.20. The first-order valence-electron chi connectivity index (χ1n) is 6.47. The molecule has 1 aromatic heterocycles. The van der Waals surface area contributed by atoms with Gasteiger partial charge in [0.2, 0.25) is 0 Å². The molecule has 1 aromatic rings. The molecule has 1 saturated carbocycles. The van der Waals surface area contributed by atoms with Crippen LogP contribution in [0.3, 0.4) is 0 Å². The molecule has 3 unspecified atom stereocenters. The van der Waals surface area contributed by atoms with Crippen molar-refractivity contribution in [3.8, 4) is 0 Å². The largest absolute Gasteiger partial charge is 0.306 e. The van der Waals surface area contributed by atoms with E-state index in [2.05, 4.69) is 29.7 Å². The van der Waals surface area contributed by atoms with Gasteiger partial charge in [-0.05, 0) is 38.5 Å². The van der Waals surface area contributed by atoms with Crippen molar-refractivity contribution in [3.05, 3.63) is 18.0 Å². The van der Waals surface area contributed by atoms with Crippen LogP contribution in [0.4, 0.5) is 0 Å². The molecule has 0 radical (unpaired) electrons. The Balaban J connectivity index is 1.90. The van der Waals surface area contributed by atoms with Crippen molar-refractivity contribution in [1.82, 2.24) is 15.1 Å². The number of aryl methyl sites for hydroxylation is 1. The lowest BCUT2D eigenvalue weighted by Gasteiger charge is -2.31. The second-order valence-electron chi connectivity index (χ2n) is 4.99. The molecule has 0 amide bonds. The number of hydrogen-bond acceptors (Lipinski definition) is 3. The van der Waals surface area contributed by atoms with Crippen molar-refractivity contribution in [3.63, 3.8) is 0 Å². The molecule has 4 heteroatoms. The number of nitrogens with one attached hydrogen (secondary N) is 1. The van der Waals surface area contributed by atoms with Gasteiger partial charge < -0.3 is 5.32 Å². The van der Waals surface area contributed by atoms with Gasteiger partial charge in [-0.1, -0.05) is 6.42 Å². The molecule has 96 valence electrons. The fraction of sp³-hybridized carbons (Fsp3) is 0.769. The Morgan fingerprint density at radius 1 is 1.53 bits per heavy atom. The fourth-order valence-electron chi connectivity index (χ4n) is 2.76. The van der Waals surface area contributed by atoms with Gasteiger partial charge in [-0.3, -0.25) is 4.68 Å². The molecule has 1 heterocycles. The number of aromatic nitrogens is 2. The molecule has 2 rings (SSSR count). The predicted octanol–water partition coefficient (Wildman–Crippen LogP) is 2.74. The predicted molar refractivity (Wildman–Crippen MR) is 74.3 cm³/mol. The number of hydrogen-bond donors (Lipinski definition) is 1. The van der Waals surface area contributed by atoms with Gasteiger partial charge in [-0.15, -0.1) is 0 Å². The van der Waals surface area contributed by atoms with Crippen LogP contribution in [0.5, 0.6) is 0 Å². The van der Waals surface area contributed by atoms with Gasteiger partial charge in [0.05, 0.1) is 5.69 Å². The second-order valence-corrected chi connectivity index (χ2v) is 6.13. The van der Waals surface area contributed by atoms with E-state index in [4.69, 9.17) is 0 Å². The standard InChI is InChI=1S/C13H23N3S/c1-10(13-7-8-14-16(13)2)15-11-5-4-6-12(9-11)17-3/h7-8,10-12,15H,4-6,9H2,1-3H3. The Morgan fingerprint density at radius 2 is 2.35 bits per heavy atom. The van der Waals surface area contributed by atoms with Gasteiger partial charge in [0, 0.05) is 30.6 Å². The Bertz CT molecular complexity index is 350. The summed E-state index contributed by atoms with van der Waals surface area (Å²) in [5, 5.41) is 8.83. The van der Waals surface area contributed by atoms with Crippen LogP contribution in [0.1, 0.15) is 44.3 Å². The smallest absolute Gasteiger partial charge is 0.0547 e. The SMILES string of the molecule is CSC1CCCC(NC(C)c2ccnn2C)C1. The lowest BCUT2D eigenvalue weighted by molar-refractivity contribution is 0.346. The highest BCUT2D eigenvalue weighted by molar-refractivity contribution is 7.99. The molecule has 1 N–H and O–H groups in total. The van der Waals surface area contributed by atoms with E-state index in [1.165, 1.54) is 31.4 Å². The third kappa shape index (κ3) is 3.26. The number of thioether (sulfide) groups is 1. The van der Waals surface area contributed by atoms with E-state index in [9.17, 15) is 0 Å². The van der Waals surface area contributed by atoms with Gasteiger partial charge in [-0.25, -0.2) is 0 Å². The van der Waals surface area contributed by atoms with E-state index in [1.54, 1.807) is 0 Å². The van der Waals surface area contributed by atoms with Gasteiger partial charge in [0.25, 0.3) is 0 Å². The zero-order valence-electron chi connectivity index (χ0n) is 11.0. The highest BCUT2D eigenvalue weighted by atomic mass is 32.2. The van der Waals surface area contributed by atoms with Crippen molar-refractivity contribution in [1.29, 1.82) is 0 Å². The molecule has 1 aliphatic carbocycles. The average Bonchev–Trinajstić information content (AvgIpc) is 2.76. The van der Waals surface area contributed by atoms with Crippen LogP contribution < -0.4 is 5.32 Å². The summed E-state index contributed by atoms with van der Waals surface area (Å²) in [4.78, 5) is 0. The Labute approximate surface area is 108 Å². The zero-order chi connectivity index (χ0) is 12.3. The molecule has 0 saturated heterocycles. The molecular formula is C13H23N3S. The second kappa shape index (κ2) is 5.91. The highest BCUT2D eigenvalue weighted by Crippen LogP contribution is 2.28. The van der Waals surface area contributed by atoms with E-state index in [-0.39, 0.29) is 0 Å². The molecule has 0 spiro atoms. The summed E-state index contributed by atoms with van der Waals surface area (Å²) in [7, 11) is 2.01. The van der Waals surface area contributed by atoms with Crippen LogP contribution in [0.25, 0.3) is 0 Å². The molecule has 0 aromatic carbocycles. The van der Waals surface area contributed by atoms with E-state index < -0.39 is 0 Å². The van der Waals surface area contributed by atoms with Crippen LogP contribution in [0.2, 0.25) is 0 Å². The van der Waals surface area contributed by atoms with Gasteiger partial charge >= 0.3 is 0 Å². The van der Waals surface area contributed by atoms with Crippen LogP contribution >= 0.6 is 11.8 Å². The summed E-state index contributed by atoms with van der Waals surface area (Å²) in [5.41, 5.74) is 1.27. The summed E-state index contributed by atoms with van der Waals surface area (Å²) < 4.78 is 1.96. The van der Waals surface area contributed by atoms with Crippen LogP contribution in [0, 0.1) is 0 Å². The van der Waals surface area contributed by atoms with Crippen molar-refractivity contribution in [2.45, 2.75) is 49.9 Å². The van der Waals surface area contributed by atoms with Crippen molar-refractivity contribution < 1.29 is 0 Å². The maximum Gasteiger partial charge on any atom is 0.0547 e. The molecule has 17 heavy (non-hydrogen) atoms. The van der Waals surface area contributed by atoms with Crippen molar-refractivity contribution in [2.24, 2.45) is 7.05 Å². The van der Waals surface area contributed by atoms with Gasteiger partial charge in [0.15, 0.2) is 0 Å². The summed E-state index contributed by atoms with van der Waals surface area (Å²) in [6, 6.07) is 3.17. The maximum atomic E-state index is 4.23. The fourth-order valence-corrected chi connectivity index (χ4v) is 3.59. The normalized spacial score (nSPS) is 27.0. The first-order valence-corrected chi connectivity index (χ1v) is 7.76. The Hall–Kier alpha value is -0.480. The molecule has 1 aliphatic rings. The third-order valence-corrected chi connectivity index (χ3v) is 4.84. The lowest BCUT2D eigenvalue weighted by atomic mass is 9.94. The summed E-state index contributed by atoms with van der Waals surface area (Å²) in [6.45, 7) is 2.24. The monoisotopic (exact) mass is 253 g/mol.